The fourth-order valence-corrected chi connectivity index (χ4v) is 3.15. The van der Waals surface area contributed by atoms with Crippen LogP contribution in [0.2, 0.25) is 0 Å². The van der Waals surface area contributed by atoms with E-state index in [-0.39, 0.29) is 12.3 Å². The molecule has 0 bridgehead atoms. The Hall–Kier alpha value is -3.26. The molecule has 2 heterocycles. The summed E-state index contributed by atoms with van der Waals surface area (Å²) in [5.41, 5.74) is 6.01. The minimum Gasteiger partial charge on any atom is -0.494 e. The molecule has 0 unspecified atom stereocenters. The second kappa shape index (κ2) is 10.5. The van der Waals surface area contributed by atoms with Crippen LogP contribution < -0.4 is 20.5 Å². The summed E-state index contributed by atoms with van der Waals surface area (Å²) in [6, 6.07) is 9.17. The van der Waals surface area contributed by atoms with E-state index in [1.807, 2.05) is 0 Å². The maximum Gasteiger partial charge on any atom is 0.265 e. The zero-order valence-corrected chi connectivity index (χ0v) is 17.0. The van der Waals surface area contributed by atoms with Gasteiger partial charge in [-0.25, -0.2) is 10.3 Å². The molecule has 30 heavy (non-hydrogen) atoms. The maximum atomic E-state index is 12.7. The van der Waals surface area contributed by atoms with Gasteiger partial charge in [0.05, 0.1) is 18.7 Å². The van der Waals surface area contributed by atoms with Crippen LogP contribution in [0.25, 0.3) is 0 Å². The number of amides is 3. The van der Waals surface area contributed by atoms with Crippen LogP contribution in [0.5, 0.6) is 5.75 Å². The van der Waals surface area contributed by atoms with E-state index in [4.69, 9.17) is 4.74 Å². The second-order valence-corrected chi connectivity index (χ2v) is 7.06. The van der Waals surface area contributed by atoms with Crippen molar-refractivity contribution in [1.82, 2.24) is 15.8 Å². The van der Waals surface area contributed by atoms with Gasteiger partial charge in [-0.05, 0) is 42.8 Å². The molecule has 1 aromatic carbocycles. The number of nitrogens with one attached hydrogen (secondary N) is 2. The smallest absolute Gasteiger partial charge is 0.265 e. The number of carbonyl (C=O) groups excluding carboxylic acids is 3. The van der Waals surface area contributed by atoms with Gasteiger partial charge < -0.3 is 4.74 Å². The first-order valence-corrected chi connectivity index (χ1v) is 10.2. The van der Waals surface area contributed by atoms with Crippen molar-refractivity contribution < 1.29 is 19.1 Å². The molecule has 0 aliphatic carbocycles. The largest absolute Gasteiger partial charge is 0.494 e. The molecule has 0 spiro atoms. The van der Waals surface area contributed by atoms with Gasteiger partial charge in [-0.15, -0.1) is 0 Å². The van der Waals surface area contributed by atoms with E-state index in [0.717, 1.165) is 17.7 Å². The second-order valence-electron chi connectivity index (χ2n) is 7.06. The summed E-state index contributed by atoms with van der Waals surface area (Å²) in [4.78, 5) is 42.1. The number of anilines is 1. The number of unbranched alkanes of at least 4 members (excludes halogenated alkanes) is 3. The van der Waals surface area contributed by atoms with Crippen molar-refractivity contribution in [1.29, 1.82) is 0 Å². The van der Waals surface area contributed by atoms with Crippen LogP contribution in [0.4, 0.5) is 5.69 Å². The van der Waals surface area contributed by atoms with Gasteiger partial charge >= 0.3 is 0 Å². The molecule has 8 heteroatoms. The topological polar surface area (TPSA) is 101 Å². The van der Waals surface area contributed by atoms with Gasteiger partial charge in [0.1, 0.15) is 11.8 Å². The summed E-state index contributed by atoms with van der Waals surface area (Å²) in [7, 11) is 0. The number of nitrogens with zero attached hydrogens (tertiary/aromatic N) is 2. The summed E-state index contributed by atoms with van der Waals surface area (Å²) in [6.45, 7) is 2.81. The fourth-order valence-electron chi connectivity index (χ4n) is 3.15. The normalized spacial score (nSPS) is 16.0. The maximum absolute atomic E-state index is 12.7. The number of imide groups is 1. The van der Waals surface area contributed by atoms with Crippen molar-refractivity contribution >= 4 is 23.4 Å². The lowest BCUT2D eigenvalue weighted by atomic mass is 10.2. The quantitative estimate of drug-likeness (QED) is 0.355. The van der Waals surface area contributed by atoms with Gasteiger partial charge in [-0.2, -0.15) is 0 Å². The van der Waals surface area contributed by atoms with Gasteiger partial charge in [0.25, 0.3) is 11.8 Å². The number of aromatic nitrogens is 1. The summed E-state index contributed by atoms with van der Waals surface area (Å²) in [5, 5.41) is 0. The van der Waals surface area contributed by atoms with Crippen LogP contribution in [0, 0.1) is 0 Å². The Balaban J connectivity index is 1.53. The van der Waals surface area contributed by atoms with E-state index in [1.54, 1.807) is 36.4 Å². The first-order valence-electron chi connectivity index (χ1n) is 10.2. The molecular weight excluding hydrogens is 384 g/mol. The lowest BCUT2D eigenvalue weighted by Crippen LogP contribution is -2.48. The van der Waals surface area contributed by atoms with E-state index in [0.29, 0.717) is 23.6 Å². The molecule has 1 aromatic heterocycles. The summed E-state index contributed by atoms with van der Waals surface area (Å²) < 4.78 is 5.70. The number of ether oxygens (including phenoxy) is 1. The van der Waals surface area contributed by atoms with Crippen molar-refractivity contribution in [2.45, 2.75) is 45.1 Å². The molecule has 1 saturated heterocycles. The third-order valence-electron chi connectivity index (χ3n) is 4.81. The van der Waals surface area contributed by atoms with Crippen LogP contribution in [0.1, 0.15) is 49.4 Å². The van der Waals surface area contributed by atoms with Crippen LogP contribution in [0.15, 0.2) is 48.8 Å². The highest BCUT2D eigenvalue weighted by atomic mass is 16.5. The number of carbonyl (C=O) groups is 3. The van der Waals surface area contributed by atoms with Crippen molar-refractivity contribution in [3.63, 3.8) is 0 Å². The van der Waals surface area contributed by atoms with E-state index in [1.165, 1.54) is 25.2 Å². The fraction of sp³-hybridized carbons (Fsp3) is 0.364. The number of pyridine rings is 1. The SMILES string of the molecule is CCCCCCOc1ccc(N2C(=O)C[C@@H](NNC(=O)c3ccncc3)C2=O)cc1. The molecule has 2 N–H and O–H groups in total. The zero-order valence-electron chi connectivity index (χ0n) is 17.0. The van der Waals surface area contributed by atoms with Crippen molar-refractivity contribution in [3.8, 4) is 5.75 Å². The Morgan fingerprint density at radius 1 is 1.10 bits per heavy atom. The van der Waals surface area contributed by atoms with E-state index >= 15 is 0 Å². The van der Waals surface area contributed by atoms with Crippen molar-refractivity contribution in [2.75, 3.05) is 11.5 Å². The van der Waals surface area contributed by atoms with Crippen molar-refractivity contribution in [2.24, 2.45) is 0 Å². The standard InChI is InChI=1S/C22H26N4O4/c1-2-3-4-5-14-30-18-8-6-17(7-9-18)26-20(27)15-19(22(26)29)24-25-21(28)16-10-12-23-13-11-16/h6-13,19,24H,2-5,14-15H2,1H3,(H,25,28)/t19-/m1/s1. The molecule has 3 amide bonds. The molecule has 1 aliphatic heterocycles. The van der Waals surface area contributed by atoms with Crippen LogP contribution in [0.3, 0.4) is 0 Å². The Morgan fingerprint density at radius 2 is 1.83 bits per heavy atom. The van der Waals surface area contributed by atoms with Crippen molar-refractivity contribution in [3.05, 3.63) is 54.4 Å². The molecule has 1 atom stereocenters. The highest BCUT2D eigenvalue weighted by molar-refractivity contribution is 6.22. The summed E-state index contributed by atoms with van der Waals surface area (Å²) in [5.74, 6) is -0.447. The Morgan fingerprint density at radius 3 is 2.53 bits per heavy atom. The number of hydrazine groups is 1. The average Bonchev–Trinajstić information content (AvgIpc) is 3.06. The number of hydrogen-bond acceptors (Lipinski definition) is 6. The minimum atomic E-state index is -0.822. The van der Waals surface area contributed by atoms with Gasteiger partial charge in [0, 0.05) is 18.0 Å². The monoisotopic (exact) mass is 410 g/mol. The third kappa shape index (κ3) is 5.42. The molecule has 0 radical (unpaired) electrons. The van der Waals surface area contributed by atoms with E-state index in [9.17, 15) is 14.4 Å². The third-order valence-corrected chi connectivity index (χ3v) is 4.81. The Labute approximate surface area is 175 Å². The van der Waals surface area contributed by atoms with Crippen LogP contribution >= 0.6 is 0 Å². The molecular formula is C22H26N4O4. The lowest BCUT2D eigenvalue weighted by Gasteiger charge is -2.16. The molecule has 3 rings (SSSR count). The van der Waals surface area contributed by atoms with E-state index < -0.39 is 17.9 Å². The summed E-state index contributed by atoms with van der Waals surface area (Å²) in [6.07, 6.45) is 7.47. The molecule has 8 nitrogen and oxygen atoms in total. The van der Waals surface area contributed by atoms with Gasteiger partial charge in [0.2, 0.25) is 5.91 Å². The van der Waals surface area contributed by atoms with E-state index in [2.05, 4.69) is 22.8 Å². The number of hydrogen-bond donors (Lipinski definition) is 2. The molecule has 0 saturated carbocycles. The van der Waals surface area contributed by atoms with Crippen LogP contribution in [-0.4, -0.2) is 35.4 Å². The minimum absolute atomic E-state index is 0.0366. The molecule has 2 aromatic rings. The first-order chi connectivity index (χ1) is 14.6. The summed E-state index contributed by atoms with van der Waals surface area (Å²) >= 11 is 0. The Bertz CT molecular complexity index is 870. The highest BCUT2D eigenvalue weighted by Crippen LogP contribution is 2.25. The molecule has 1 aliphatic rings. The van der Waals surface area contributed by atoms with Crippen LogP contribution in [-0.2, 0) is 9.59 Å². The van der Waals surface area contributed by atoms with Gasteiger partial charge in [-0.1, -0.05) is 26.2 Å². The lowest BCUT2D eigenvalue weighted by molar-refractivity contribution is -0.121. The number of benzene rings is 1. The van der Waals surface area contributed by atoms with Gasteiger partial charge in [0.15, 0.2) is 0 Å². The Kier molecular flexibility index (Phi) is 7.51. The predicted octanol–water partition coefficient (Wildman–Crippen LogP) is 2.61. The highest BCUT2D eigenvalue weighted by Gasteiger charge is 2.39. The van der Waals surface area contributed by atoms with Gasteiger partial charge in [-0.3, -0.25) is 24.8 Å². The molecule has 1 fully saturated rings. The molecule has 158 valence electrons. The first kappa shape index (κ1) is 21.4. The average molecular weight is 410 g/mol. The predicted molar refractivity (Wildman–Crippen MR) is 112 cm³/mol. The zero-order chi connectivity index (χ0) is 21.3. The number of rotatable bonds is 10.